The van der Waals surface area contributed by atoms with Gasteiger partial charge in [0.25, 0.3) is 0 Å². The smallest absolute Gasteiger partial charge is 0.306 e. The summed E-state index contributed by atoms with van der Waals surface area (Å²) < 4.78 is 13.5. The van der Waals surface area contributed by atoms with Crippen LogP contribution >= 0.6 is 11.6 Å². The van der Waals surface area contributed by atoms with E-state index < -0.39 is 23.3 Å². The van der Waals surface area contributed by atoms with Gasteiger partial charge in [-0.05, 0) is 25.0 Å². The van der Waals surface area contributed by atoms with Gasteiger partial charge in [-0.2, -0.15) is 0 Å². The molecule has 1 aliphatic rings. The van der Waals surface area contributed by atoms with E-state index in [-0.39, 0.29) is 23.4 Å². The molecule has 0 aromatic heterocycles. The molecule has 0 bridgehead atoms. The molecule has 1 saturated carbocycles. The van der Waals surface area contributed by atoms with Crippen LogP contribution in [0.15, 0.2) is 18.2 Å². The van der Waals surface area contributed by atoms with Crippen molar-refractivity contribution in [1.29, 1.82) is 0 Å². The molecule has 1 aromatic rings. The van der Waals surface area contributed by atoms with E-state index in [2.05, 4.69) is 0 Å². The molecule has 2 rings (SSSR count). The molecule has 1 aromatic carbocycles. The number of carbonyl (C=O) groups is 1. The lowest BCUT2D eigenvalue weighted by atomic mass is 9.67. The van der Waals surface area contributed by atoms with Gasteiger partial charge in [-0.3, -0.25) is 4.79 Å². The molecule has 0 aliphatic heterocycles. The largest absolute Gasteiger partial charge is 0.481 e. The highest BCUT2D eigenvalue weighted by atomic mass is 35.5. The van der Waals surface area contributed by atoms with Gasteiger partial charge in [0.2, 0.25) is 0 Å². The first kappa shape index (κ1) is 11.4. The molecule has 0 atom stereocenters. The van der Waals surface area contributed by atoms with Crippen LogP contribution in [0, 0.1) is 11.7 Å². The normalized spacial score (nSPS) is 28.6. The number of rotatable bonds is 2. The minimum Gasteiger partial charge on any atom is -0.481 e. The molecule has 0 unspecified atom stereocenters. The monoisotopic (exact) mass is 244 g/mol. The summed E-state index contributed by atoms with van der Waals surface area (Å²) in [4.78, 5) is 10.6. The van der Waals surface area contributed by atoms with E-state index in [0.717, 1.165) is 6.07 Å². The van der Waals surface area contributed by atoms with Crippen LogP contribution in [0.25, 0.3) is 0 Å². The van der Waals surface area contributed by atoms with E-state index in [1.165, 1.54) is 12.1 Å². The topological polar surface area (TPSA) is 57.5 Å². The first-order chi connectivity index (χ1) is 7.42. The molecule has 0 heterocycles. The number of hydrogen-bond acceptors (Lipinski definition) is 2. The minimum absolute atomic E-state index is 0.0425. The van der Waals surface area contributed by atoms with Gasteiger partial charge < -0.3 is 10.2 Å². The van der Waals surface area contributed by atoms with Gasteiger partial charge >= 0.3 is 5.97 Å². The highest BCUT2D eigenvalue weighted by Gasteiger charge is 2.48. The van der Waals surface area contributed by atoms with Crippen molar-refractivity contribution in [1.82, 2.24) is 0 Å². The second-order valence-electron chi connectivity index (χ2n) is 4.10. The number of carboxylic acid groups (broad SMARTS) is 1. The average molecular weight is 245 g/mol. The van der Waals surface area contributed by atoms with Gasteiger partial charge in [0.15, 0.2) is 0 Å². The molecule has 0 saturated heterocycles. The van der Waals surface area contributed by atoms with Crippen LogP contribution in [0.2, 0.25) is 5.02 Å². The van der Waals surface area contributed by atoms with Gasteiger partial charge in [0, 0.05) is 10.6 Å². The molecular formula is C11H10ClFO3. The van der Waals surface area contributed by atoms with Crippen molar-refractivity contribution in [2.45, 2.75) is 18.4 Å². The summed E-state index contributed by atoms with van der Waals surface area (Å²) >= 11 is 5.59. The maximum Gasteiger partial charge on any atom is 0.306 e. The third-order valence-corrected chi connectivity index (χ3v) is 3.18. The predicted molar refractivity (Wildman–Crippen MR) is 55.7 cm³/mol. The van der Waals surface area contributed by atoms with Crippen molar-refractivity contribution in [3.05, 3.63) is 34.6 Å². The van der Waals surface area contributed by atoms with E-state index in [1.54, 1.807) is 0 Å². The lowest BCUT2D eigenvalue weighted by molar-refractivity contribution is -0.159. The standard InChI is InChI=1S/C11H10ClFO3/c12-7-1-2-8(9(13)3-7)11(16)4-6(5-11)10(14)15/h1-3,6,16H,4-5H2,(H,14,15). The zero-order valence-corrected chi connectivity index (χ0v) is 9.04. The van der Waals surface area contributed by atoms with E-state index in [9.17, 15) is 14.3 Å². The highest BCUT2D eigenvalue weighted by molar-refractivity contribution is 6.30. The molecule has 1 aliphatic carbocycles. The summed E-state index contributed by atoms with van der Waals surface area (Å²) in [6.45, 7) is 0. The number of carboxylic acids is 1. The number of aliphatic carboxylic acids is 1. The van der Waals surface area contributed by atoms with Crippen molar-refractivity contribution in [2.75, 3.05) is 0 Å². The second-order valence-corrected chi connectivity index (χ2v) is 4.54. The Balaban J connectivity index is 2.23. The summed E-state index contributed by atoms with van der Waals surface area (Å²) in [5.41, 5.74) is -1.24. The Bertz CT molecular complexity index is 441. The fourth-order valence-electron chi connectivity index (χ4n) is 2.02. The Labute approximate surface area is 96.5 Å². The van der Waals surface area contributed by atoms with Crippen LogP contribution in [0.5, 0.6) is 0 Å². The van der Waals surface area contributed by atoms with Gasteiger partial charge in [0.1, 0.15) is 5.82 Å². The third-order valence-electron chi connectivity index (χ3n) is 2.95. The number of halogens is 2. The molecule has 1 fully saturated rings. The lowest BCUT2D eigenvalue weighted by Gasteiger charge is -2.41. The first-order valence-corrected chi connectivity index (χ1v) is 5.21. The molecule has 5 heteroatoms. The van der Waals surface area contributed by atoms with Crippen molar-refractivity contribution < 1.29 is 19.4 Å². The molecule has 86 valence electrons. The van der Waals surface area contributed by atoms with Gasteiger partial charge in [-0.25, -0.2) is 4.39 Å². The Hall–Kier alpha value is -1.13. The summed E-state index contributed by atoms with van der Waals surface area (Å²) in [5, 5.41) is 19.0. The molecule has 16 heavy (non-hydrogen) atoms. The predicted octanol–water partition coefficient (Wildman–Crippen LogP) is 2.16. The van der Waals surface area contributed by atoms with Crippen LogP contribution in [-0.2, 0) is 10.4 Å². The quantitative estimate of drug-likeness (QED) is 0.838. The average Bonchev–Trinajstić information content (AvgIpc) is 2.12. The second kappa shape index (κ2) is 3.71. The van der Waals surface area contributed by atoms with Gasteiger partial charge in [-0.15, -0.1) is 0 Å². The number of benzene rings is 1. The Morgan fingerprint density at radius 2 is 2.12 bits per heavy atom. The van der Waals surface area contributed by atoms with E-state index in [4.69, 9.17) is 16.7 Å². The van der Waals surface area contributed by atoms with E-state index in [1.807, 2.05) is 0 Å². The molecule has 0 radical (unpaired) electrons. The SMILES string of the molecule is O=C(O)C1CC(O)(c2ccc(Cl)cc2F)C1. The Morgan fingerprint density at radius 1 is 1.50 bits per heavy atom. The highest BCUT2D eigenvalue weighted by Crippen LogP contribution is 2.46. The lowest BCUT2D eigenvalue weighted by Crippen LogP contribution is -2.45. The third kappa shape index (κ3) is 1.79. The molecular weight excluding hydrogens is 235 g/mol. The summed E-state index contributed by atoms with van der Waals surface area (Å²) in [7, 11) is 0. The van der Waals surface area contributed by atoms with Crippen molar-refractivity contribution in [3.63, 3.8) is 0 Å². The van der Waals surface area contributed by atoms with E-state index >= 15 is 0 Å². The number of hydrogen-bond donors (Lipinski definition) is 2. The maximum absolute atomic E-state index is 13.5. The first-order valence-electron chi connectivity index (χ1n) is 4.83. The zero-order valence-electron chi connectivity index (χ0n) is 8.28. The van der Waals surface area contributed by atoms with Crippen LogP contribution < -0.4 is 0 Å². The van der Waals surface area contributed by atoms with Crippen LogP contribution in [-0.4, -0.2) is 16.2 Å². The van der Waals surface area contributed by atoms with Gasteiger partial charge in [0.05, 0.1) is 11.5 Å². The summed E-state index contributed by atoms with van der Waals surface area (Å²) in [5.74, 6) is -2.15. The van der Waals surface area contributed by atoms with Gasteiger partial charge in [-0.1, -0.05) is 17.7 Å². The molecule has 2 N–H and O–H groups in total. The van der Waals surface area contributed by atoms with Crippen molar-refractivity contribution in [3.8, 4) is 0 Å². The molecule has 0 amide bonds. The fraction of sp³-hybridized carbons (Fsp3) is 0.364. The Morgan fingerprint density at radius 3 is 2.62 bits per heavy atom. The summed E-state index contributed by atoms with van der Waals surface area (Å²) in [6.07, 6.45) is 0.0851. The fourth-order valence-corrected chi connectivity index (χ4v) is 2.18. The van der Waals surface area contributed by atoms with Crippen molar-refractivity contribution in [2.24, 2.45) is 5.92 Å². The van der Waals surface area contributed by atoms with Crippen molar-refractivity contribution >= 4 is 17.6 Å². The van der Waals surface area contributed by atoms with E-state index in [0.29, 0.717) is 0 Å². The van der Waals surface area contributed by atoms with Crippen LogP contribution in [0.1, 0.15) is 18.4 Å². The molecule has 3 nitrogen and oxygen atoms in total. The number of aliphatic hydroxyl groups is 1. The van der Waals surface area contributed by atoms with Crippen LogP contribution in [0.4, 0.5) is 4.39 Å². The molecule has 0 spiro atoms. The maximum atomic E-state index is 13.5. The minimum atomic E-state index is -1.36. The zero-order chi connectivity index (χ0) is 11.9. The summed E-state index contributed by atoms with van der Waals surface area (Å²) in [6, 6.07) is 3.99. The van der Waals surface area contributed by atoms with Crippen LogP contribution in [0.3, 0.4) is 0 Å². The Kier molecular flexibility index (Phi) is 2.64.